The third kappa shape index (κ3) is 4.61. The second-order valence-corrected chi connectivity index (χ2v) is 8.93. The van der Waals surface area contributed by atoms with Crippen LogP contribution in [-0.4, -0.2) is 45.4 Å². The van der Waals surface area contributed by atoms with Gasteiger partial charge in [0.05, 0.1) is 12.4 Å². The van der Waals surface area contributed by atoms with Crippen molar-refractivity contribution in [3.8, 4) is 17.1 Å². The summed E-state index contributed by atoms with van der Waals surface area (Å²) in [6, 6.07) is 20.8. The zero-order valence-electron chi connectivity index (χ0n) is 18.2. The Morgan fingerprint density at radius 2 is 1.65 bits per heavy atom. The molecule has 174 valence electrons. The molecule has 1 aromatic heterocycles. The van der Waals surface area contributed by atoms with E-state index in [0.29, 0.717) is 17.3 Å². The molecule has 0 amide bonds. The van der Waals surface area contributed by atoms with Crippen molar-refractivity contribution in [3.05, 3.63) is 94.2 Å². The van der Waals surface area contributed by atoms with Crippen molar-refractivity contribution in [1.82, 2.24) is 19.2 Å². The van der Waals surface area contributed by atoms with Gasteiger partial charge in [0.25, 0.3) is 0 Å². The first-order valence-electron chi connectivity index (χ1n) is 10.9. The van der Waals surface area contributed by atoms with Crippen molar-refractivity contribution < 1.29 is 8.78 Å². The summed E-state index contributed by atoms with van der Waals surface area (Å²) >= 11 is 11.9. The number of nitrogens with zero attached hydrogens (tertiary/aromatic N) is 5. The average molecular weight is 498 g/mol. The summed E-state index contributed by atoms with van der Waals surface area (Å²) in [4.78, 5) is 4.55. The van der Waals surface area contributed by atoms with Gasteiger partial charge in [-0.05, 0) is 42.5 Å². The molecule has 1 fully saturated rings. The smallest absolute Gasteiger partial charge is 0.204 e. The van der Waals surface area contributed by atoms with E-state index >= 15 is 0 Å². The van der Waals surface area contributed by atoms with Gasteiger partial charge >= 0.3 is 0 Å². The monoisotopic (exact) mass is 497 g/mol. The van der Waals surface area contributed by atoms with Crippen LogP contribution in [0.5, 0.6) is 0 Å². The summed E-state index contributed by atoms with van der Waals surface area (Å²) in [6.07, 6.45) is 0. The summed E-state index contributed by atoms with van der Waals surface area (Å²) in [7, 11) is 0. The van der Waals surface area contributed by atoms with Gasteiger partial charge in [-0.25, -0.2) is 13.5 Å². The van der Waals surface area contributed by atoms with Crippen molar-refractivity contribution in [2.24, 2.45) is 0 Å². The molecule has 0 aliphatic carbocycles. The summed E-state index contributed by atoms with van der Waals surface area (Å²) in [6.45, 7) is 3.77. The van der Waals surface area contributed by atoms with E-state index in [-0.39, 0.29) is 5.69 Å². The Hall–Kier alpha value is -3.07. The molecule has 0 unspecified atom stereocenters. The fraction of sp³-hybridized carbons (Fsp3) is 0.200. The first kappa shape index (κ1) is 22.7. The van der Waals surface area contributed by atoms with Crippen LogP contribution in [-0.2, 0) is 6.67 Å². The summed E-state index contributed by atoms with van der Waals surface area (Å²) < 4.78 is 31.9. The van der Waals surface area contributed by atoms with Crippen LogP contribution in [0.4, 0.5) is 14.5 Å². The molecule has 1 aliphatic heterocycles. The molecule has 4 aromatic rings. The molecule has 0 radical (unpaired) electrons. The topological polar surface area (TPSA) is 29.2 Å². The number of benzene rings is 3. The fourth-order valence-corrected chi connectivity index (χ4v) is 4.63. The molecule has 0 N–H and O–H groups in total. The molecule has 3 aromatic carbocycles. The Bertz CT molecular complexity index is 1360. The Morgan fingerprint density at radius 1 is 0.882 bits per heavy atom. The normalized spacial score (nSPS) is 14.5. The molecule has 5 rings (SSSR count). The highest BCUT2D eigenvalue weighted by Crippen LogP contribution is 2.25. The number of piperazine rings is 1. The number of aromatic nitrogens is 3. The van der Waals surface area contributed by atoms with E-state index in [0.717, 1.165) is 48.5 Å². The van der Waals surface area contributed by atoms with E-state index in [2.05, 4.69) is 15.9 Å². The summed E-state index contributed by atoms with van der Waals surface area (Å²) in [5.41, 5.74) is 2.07. The van der Waals surface area contributed by atoms with Crippen LogP contribution in [0.15, 0.2) is 72.8 Å². The molecular formula is C25H22ClF2N5S. The van der Waals surface area contributed by atoms with Gasteiger partial charge < -0.3 is 4.90 Å². The summed E-state index contributed by atoms with van der Waals surface area (Å²) in [5.74, 6) is -0.823. The molecule has 0 saturated carbocycles. The Labute approximate surface area is 206 Å². The maximum Gasteiger partial charge on any atom is 0.204 e. The Balaban J connectivity index is 1.43. The van der Waals surface area contributed by atoms with Gasteiger partial charge in [-0.1, -0.05) is 48.0 Å². The Morgan fingerprint density at radius 3 is 2.35 bits per heavy atom. The number of anilines is 1. The average Bonchev–Trinajstić information content (AvgIpc) is 3.16. The number of hydrogen-bond donors (Lipinski definition) is 0. The van der Waals surface area contributed by atoms with Crippen LogP contribution in [0, 0.1) is 16.4 Å². The van der Waals surface area contributed by atoms with E-state index in [4.69, 9.17) is 28.9 Å². The zero-order chi connectivity index (χ0) is 23.7. The SMILES string of the molecule is Fc1ccc(-n2c(-c3ccccc3)nn(CN3CCN(c4cccc(Cl)c4)CC3)c2=S)c(F)c1. The first-order valence-corrected chi connectivity index (χ1v) is 11.7. The highest BCUT2D eigenvalue weighted by atomic mass is 35.5. The lowest BCUT2D eigenvalue weighted by molar-refractivity contribution is 0.194. The van der Waals surface area contributed by atoms with Crippen molar-refractivity contribution in [2.75, 3.05) is 31.1 Å². The van der Waals surface area contributed by atoms with E-state index in [1.165, 1.54) is 12.1 Å². The van der Waals surface area contributed by atoms with Crippen LogP contribution in [0.2, 0.25) is 5.02 Å². The number of hydrogen-bond acceptors (Lipinski definition) is 4. The van der Waals surface area contributed by atoms with E-state index in [1.54, 1.807) is 9.25 Å². The predicted octanol–water partition coefficient (Wildman–Crippen LogP) is 5.78. The minimum atomic E-state index is -0.692. The van der Waals surface area contributed by atoms with Crippen LogP contribution >= 0.6 is 23.8 Å². The lowest BCUT2D eigenvalue weighted by Gasteiger charge is -2.35. The van der Waals surface area contributed by atoms with Gasteiger partial charge in [0.2, 0.25) is 4.77 Å². The van der Waals surface area contributed by atoms with E-state index in [1.807, 2.05) is 48.5 Å². The summed E-state index contributed by atoms with van der Waals surface area (Å²) in [5, 5.41) is 5.47. The van der Waals surface area contributed by atoms with E-state index in [9.17, 15) is 8.78 Å². The highest BCUT2D eigenvalue weighted by molar-refractivity contribution is 7.71. The minimum Gasteiger partial charge on any atom is -0.369 e. The van der Waals surface area contributed by atoms with Crippen molar-refractivity contribution >= 4 is 29.5 Å². The van der Waals surface area contributed by atoms with Gasteiger partial charge in [-0.3, -0.25) is 9.47 Å². The maximum atomic E-state index is 14.7. The van der Waals surface area contributed by atoms with Gasteiger partial charge in [-0.2, -0.15) is 0 Å². The van der Waals surface area contributed by atoms with Gasteiger partial charge in [0.1, 0.15) is 11.6 Å². The molecule has 5 nitrogen and oxygen atoms in total. The number of rotatable bonds is 5. The third-order valence-electron chi connectivity index (χ3n) is 5.90. The highest BCUT2D eigenvalue weighted by Gasteiger charge is 2.21. The van der Waals surface area contributed by atoms with E-state index < -0.39 is 11.6 Å². The first-order chi connectivity index (χ1) is 16.5. The van der Waals surface area contributed by atoms with Crippen molar-refractivity contribution in [1.29, 1.82) is 0 Å². The van der Waals surface area contributed by atoms with Gasteiger partial charge in [-0.15, -0.1) is 5.10 Å². The fourth-order valence-electron chi connectivity index (χ4n) is 4.16. The minimum absolute atomic E-state index is 0.169. The van der Waals surface area contributed by atoms with Crippen LogP contribution in [0.1, 0.15) is 0 Å². The van der Waals surface area contributed by atoms with Gasteiger partial charge in [0, 0.05) is 48.5 Å². The lowest BCUT2D eigenvalue weighted by Crippen LogP contribution is -2.47. The maximum absolute atomic E-state index is 14.7. The molecular weight excluding hydrogens is 476 g/mol. The lowest BCUT2D eigenvalue weighted by atomic mass is 10.2. The van der Waals surface area contributed by atoms with Crippen LogP contribution in [0.3, 0.4) is 0 Å². The Kier molecular flexibility index (Phi) is 6.45. The molecule has 2 heterocycles. The second-order valence-electron chi connectivity index (χ2n) is 8.13. The molecule has 0 bridgehead atoms. The second kappa shape index (κ2) is 9.66. The van der Waals surface area contributed by atoms with Crippen LogP contribution < -0.4 is 4.90 Å². The quantitative estimate of drug-likeness (QED) is 0.327. The number of halogens is 3. The predicted molar refractivity (Wildman–Crippen MR) is 133 cm³/mol. The molecule has 9 heteroatoms. The molecule has 0 spiro atoms. The largest absolute Gasteiger partial charge is 0.369 e. The van der Waals surface area contributed by atoms with Crippen LogP contribution in [0.25, 0.3) is 17.1 Å². The molecule has 34 heavy (non-hydrogen) atoms. The zero-order valence-corrected chi connectivity index (χ0v) is 19.8. The third-order valence-corrected chi connectivity index (χ3v) is 6.53. The molecule has 1 saturated heterocycles. The standard InChI is InChI=1S/C25H22ClF2N5S/c26-19-7-4-8-21(15-19)31-13-11-30(12-14-31)17-32-25(34)33(23-10-9-20(27)16-22(23)28)24(29-32)18-5-2-1-3-6-18/h1-10,15-16H,11-14,17H2. The molecule has 0 atom stereocenters. The van der Waals surface area contributed by atoms with Gasteiger partial charge in [0.15, 0.2) is 5.82 Å². The molecule has 1 aliphatic rings. The van der Waals surface area contributed by atoms with Crippen molar-refractivity contribution in [3.63, 3.8) is 0 Å². The van der Waals surface area contributed by atoms with Crippen molar-refractivity contribution in [2.45, 2.75) is 6.67 Å².